The van der Waals surface area contributed by atoms with Crippen LogP contribution in [0.3, 0.4) is 0 Å². The molecule has 1 amide bonds. The van der Waals surface area contributed by atoms with Gasteiger partial charge in [0.05, 0.1) is 0 Å². The SMILES string of the molecule is [N-]=[N+]=NCC(=O)NCCc1ccc(Cl)cc1. The number of halogens is 1. The molecule has 0 aliphatic carbocycles. The monoisotopic (exact) mass is 238 g/mol. The van der Waals surface area contributed by atoms with E-state index in [0.29, 0.717) is 11.6 Å². The van der Waals surface area contributed by atoms with Crippen LogP contribution in [0.15, 0.2) is 29.4 Å². The minimum Gasteiger partial charge on any atom is -0.356 e. The molecule has 0 aliphatic rings. The maximum atomic E-state index is 11.0. The summed E-state index contributed by atoms with van der Waals surface area (Å²) < 4.78 is 0. The van der Waals surface area contributed by atoms with E-state index in [1.165, 1.54) is 0 Å². The molecule has 5 nitrogen and oxygen atoms in total. The molecule has 16 heavy (non-hydrogen) atoms. The Hall–Kier alpha value is -1.71. The lowest BCUT2D eigenvalue weighted by Crippen LogP contribution is -2.27. The number of rotatable bonds is 5. The van der Waals surface area contributed by atoms with Crippen LogP contribution in [0, 0.1) is 0 Å². The summed E-state index contributed by atoms with van der Waals surface area (Å²) in [4.78, 5) is 13.6. The van der Waals surface area contributed by atoms with Gasteiger partial charge in [0.25, 0.3) is 0 Å². The lowest BCUT2D eigenvalue weighted by Gasteiger charge is -2.03. The molecular weight excluding hydrogens is 228 g/mol. The highest BCUT2D eigenvalue weighted by molar-refractivity contribution is 6.30. The van der Waals surface area contributed by atoms with E-state index in [1.807, 2.05) is 12.1 Å². The van der Waals surface area contributed by atoms with Gasteiger partial charge in [-0.3, -0.25) is 4.79 Å². The maximum absolute atomic E-state index is 11.0. The molecule has 1 aromatic rings. The first-order valence-electron chi connectivity index (χ1n) is 4.74. The number of carbonyl (C=O) groups is 1. The summed E-state index contributed by atoms with van der Waals surface area (Å²) in [7, 11) is 0. The molecule has 0 atom stereocenters. The lowest BCUT2D eigenvalue weighted by molar-refractivity contribution is -0.119. The zero-order chi connectivity index (χ0) is 11.8. The Balaban J connectivity index is 2.27. The van der Waals surface area contributed by atoms with Crippen LogP contribution in [-0.4, -0.2) is 19.0 Å². The van der Waals surface area contributed by atoms with Crippen molar-refractivity contribution in [2.24, 2.45) is 5.11 Å². The summed E-state index contributed by atoms with van der Waals surface area (Å²) in [6.45, 7) is 0.360. The molecule has 0 bridgehead atoms. The number of nitrogens with zero attached hydrogens (tertiary/aromatic N) is 3. The van der Waals surface area contributed by atoms with Crippen molar-refractivity contribution in [1.82, 2.24) is 5.32 Å². The fraction of sp³-hybridized carbons (Fsp3) is 0.300. The Kier molecular flexibility index (Phi) is 5.19. The van der Waals surface area contributed by atoms with E-state index < -0.39 is 0 Å². The number of azide groups is 1. The Morgan fingerprint density at radius 1 is 1.44 bits per heavy atom. The van der Waals surface area contributed by atoms with E-state index in [0.717, 1.165) is 12.0 Å². The third-order valence-electron chi connectivity index (χ3n) is 1.93. The van der Waals surface area contributed by atoms with Crippen LogP contribution in [-0.2, 0) is 11.2 Å². The van der Waals surface area contributed by atoms with Crippen molar-refractivity contribution < 1.29 is 4.79 Å². The van der Waals surface area contributed by atoms with Crippen LogP contribution in [0.25, 0.3) is 10.4 Å². The number of amides is 1. The summed E-state index contributed by atoms with van der Waals surface area (Å²) in [5.41, 5.74) is 9.10. The van der Waals surface area contributed by atoms with Gasteiger partial charge in [0.2, 0.25) is 5.91 Å². The van der Waals surface area contributed by atoms with Crippen molar-refractivity contribution in [2.75, 3.05) is 13.1 Å². The summed E-state index contributed by atoms with van der Waals surface area (Å²) in [6.07, 6.45) is 0.721. The quantitative estimate of drug-likeness (QED) is 0.477. The number of benzene rings is 1. The average Bonchev–Trinajstić information content (AvgIpc) is 2.29. The van der Waals surface area contributed by atoms with Crippen molar-refractivity contribution in [3.05, 3.63) is 45.3 Å². The molecule has 0 saturated heterocycles. The van der Waals surface area contributed by atoms with Crippen LogP contribution >= 0.6 is 11.6 Å². The highest BCUT2D eigenvalue weighted by Gasteiger charge is 1.98. The smallest absolute Gasteiger partial charge is 0.225 e. The molecule has 0 spiro atoms. The Labute approximate surface area is 98.0 Å². The van der Waals surface area contributed by atoms with Gasteiger partial charge >= 0.3 is 0 Å². The highest BCUT2D eigenvalue weighted by atomic mass is 35.5. The predicted octanol–water partition coefficient (Wildman–Crippen LogP) is 2.31. The van der Waals surface area contributed by atoms with E-state index in [-0.39, 0.29) is 12.5 Å². The maximum Gasteiger partial charge on any atom is 0.225 e. The van der Waals surface area contributed by atoms with Gasteiger partial charge in [0.1, 0.15) is 6.54 Å². The summed E-state index contributed by atoms with van der Waals surface area (Å²) in [6, 6.07) is 7.42. The summed E-state index contributed by atoms with van der Waals surface area (Å²) in [5, 5.41) is 6.49. The lowest BCUT2D eigenvalue weighted by atomic mass is 10.1. The van der Waals surface area contributed by atoms with Gasteiger partial charge in [-0.25, -0.2) is 0 Å². The van der Waals surface area contributed by atoms with E-state index >= 15 is 0 Å². The van der Waals surface area contributed by atoms with Gasteiger partial charge in [-0.15, -0.1) is 0 Å². The van der Waals surface area contributed by atoms with Gasteiger partial charge in [0.15, 0.2) is 0 Å². The first kappa shape index (κ1) is 12.4. The largest absolute Gasteiger partial charge is 0.356 e. The minimum absolute atomic E-state index is 0.156. The predicted molar refractivity (Wildman–Crippen MR) is 62.2 cm³/mol. The Bertz CT molecular complexity index is 398. The van der Waals surface area contributed by atoms with Crippen LogP contribution in [0.4, 0.5) is 0 Å². The summed E-state index contributed by atoms with van der Waals surface area (Å²) in [5.74, 6) is -0.272. The second-order valence-corrected chi connectivity index (χ2v) is 3.55. The second kappa shape index (κ2) is 6.71. The normalized spacial score (nSPS) is 9.31. The number of hydrogen-bond acceptors (Lipinski definition) is 2. The van der Waals surface area contributed by atoms with E-state index in [1.54, 1.807) is 12.1 Å². The molecule has 1 rings (SSSR count). The summed E-state index contributed by atoms with van der Waals surface area (Å²) >= 11 is 5.74. The minimum atomic E-state index is -0.272. The number of nitrogens with one attached hydrogen (secondary N) is 1. The van der Waals surface area contributed by atoms with Gasteiger partial charge < -0.3 is 5.32 Å². The molecule has 84 valence electrons. The molecule has 0 aliphatic heterocycles. The Morgan fingerprint density at radius 3 is 2.75 bits per heavy atom. The molecule has 1 aromatic carbocycles. The molecule has 0 unspecified atom stereocenters. The molecule has 6 heteroatoms. The number of hydrogen-bond donors (Lipinski definition) is 1. The molecular formula is C10H11ClN4O. The van der Waals surface area contributed by atoms with Gasteiger partial charge in [-0.2, -0.15) is 0 Å². The molecule has 0 fully saturated rings. The standard InChI is InChI=1S/C10H11ClN4O/c11-9-3-1-8(2-4-9)5-6-13-10(16)7-14-15-12/h1-4H,5-7H2,(H,13,16). The first-order chi connectivity index (χ1) is 7.72. The molecule has 0 radical (unpaired) electrons. The van der Waals surface area contributed by atoms with Crippen molar-refractivity contribution in [2.45, 2.75) is 6.42 Å². The fourth-order valence-corrected chi connectivity index (χ4v) is 1.28. The van der Waals surface area contributed by atoms with Crippen molar-refractivity contribution in [3.8, 4) is 0 Å². The Morgan fingerprint density at radius 2 is 2.12 bits per heavy atom. The third-order valence-corrected chi connectivity index (χ3v) is 2.18. The van der Waals surface area contributed by atoms with E-state index in [4.69, 9.17) is 17.1 Å². The van der Waals surface area contributed by atoms with E-state index in [2.05, 4.69) is 15.3 Å². The zero-order valence-corrected chi connectivity index (χ0v) is 9.31. The van der Waals surface area contributed by atoms with Crippen LogP contribution in [0.5, 0.6) is 0 Å². The van der Waals surface area contributed by atoms with Gasteiger partial charge in [-0.1, -0.05) is 28.8 Å². The zero-order valence-electron chi connectivity index (χ0n) is 8.56. The molecule has 0 heterocycles. The topological polar surface area (TPSA) is 77.9 Å². The number of carbonyl (C=O) groups excluding carboxylic acids is 1. The molecule has 0 saturated carbocycles. The average molecular weight is 239 g/mol. The van der Waals surface area contributed by atoms with Gasteiger partial charge in [0, 0.05) is 16.5 Å². The molecule has 1 N–H and O–H groups in total. The second-order valence-electron chi connectivity index (χ2n) is 3.12. The van der Waals surface area contributed by atoms with Crippen LogP contribution in [0.2, 0.25) is 5.02 Å². The van der Waals surface area contributed by atoms with Crippen LogP contribution < -0.4 is 5.32 Å². The molecule has 0 aromatic heterocycles. The third kappa shape index (κ3) is 4.68. The van der Waals surface area contributed by atoms with Gasteiger partial charge in [-0.05, 0) is 29.6 Å². The van der Waals surface area contributed by atoms with Crippen molar-refractivity contribution in [1.29, 1.82) is 0 Å². The fourth-order valence-electron chi connectivity index (χ4n) is 1.15. The van der Waals surface area contributed by atoms with Crippen molar-refractivity contribution >= 4 is 17.5 Å². The van der Waals surface area contributed by atoms with E-state index in [9.17, 15) is 4.79 Å². The van der Waals surface area contributed by atoms with Crippen molar-refractivity contribution in [3.63, 3.8) is 0 Å². The van der Waals surface area contributed by atoms with Crippen LogP contribution in [0.1, 0.15) is 5.56 Å². The first-order valence-corrected chi connectivity index (χ1v) is 5.12. The highest BCUT2D eigenvalue weighted by Crippen LogP contribution is 2.09.